The number of carbonyl (C=O) groups is 2. The van der Waals surface area contributed by atoms with Crippen molar-refractivity contribution in [1.29, 1.82) is 0 Å². The van der Waals surface area contributed by atoms with E-state index >= 15 is 0 Å². The molecule has 0 radical (unpaired) electrons. The Balaban J connectivity index is 1.55. The van der Waals surface area contributed by atoms with E-state index in [-0.39, 0.29) is 17.6 Å². The Bertz CT molecular complexity index is 1310. The number of anilines is 2. The van der Waals surface area contributed by atoms with Crippen LogP contribution in [0, 0.1) is 20.8 Å². The van der Waals surface area contributed by atoms with Crippen molar-refractivity contribution in [3.05, 3.63) is 77.1 Å². The zero-order valence-electron chi connectivity index (χ0n) is 24.1. The van der Waals surface area contributed by atoms with E-state index in [4.69, 9.17) is 4.74 Å². The molecular formula is C31H39N5O3S. The lowest BCUT2D eigenvalue weighted by Crippen LogP contribution is -2.57. The molecule has 9 heteroatoms. The van der Waals surface area contributed by atoms with Gasteiger partial charge in [-0.15, -0.1) is 0 Å². The first-order valence-electron chi connectivity index (χ1n) is 13.7. The van der Waals surface area contributed by atoms with Gasteiger partial charge in [-0.1, -0.05) is 43.0 Å². The van der Waals surface area contributed by atoms with E-state index in [2.05, 4.69) is 20.2 Å². The average Bonchev–Trinajstić information content (AvgIpc) is 2.95. The Hall–Kier alpha value is -3.43. The Morgan fingerprint density at radius 2 is 1.68 bits per heavy atom. The quantitative estimate of drug-likeness (QED) is 0.270. The highest BCUT2D eigenvalue weighted by Gasteiger charge is 2.41. The smallest absolute Gasteiger partial charge is 0.250 e. The first-order valence-corrected chi connectivity index (χ1v) is 14.7. The highest BCUT2D eigenvalue weighted by Crippen LogP contribution is 2.28. The molecule has 1 aliphatic heterocycles. The maximum Gasteiger partial charge on any atom is 0.250 e. The molecule has 2 aromatic carbocycles. The van der Waals surface area contributed by atoms with E-state index in [1.54, 1.807) is 4.90 Å². The van der Waals surface area contributed by atoms with Crippen molar-refractivity contribution in [3.63, 3.8) is 0 Å². The molecule has 3 aromatic rings. The SMILES string of the molecule is CCC(C)(C(=O)Nc1ccc(N2CCOCC2)cc1)N(Cc1ccccc1C)C(=O)CSc1nc(C)cc(C)n1. The lowest BCUT2D eigenvalue weighted by Gasteiger charge is -2.40. The van der Waals surface area contributed by atoms with Gasteiger partial charge in [0.25, 0.3) is 0 Å². The van der Waals surface area contributed by atoms with Gasteiger partial charge in [-0.05, 0) is 75.6 Å². The number of thioether (sulfide) groups is 1. The summed E-state index contributed by atoms with van der Waals surface area (Å²) in [4.78, 5) is 40.6. The fraction of sp³-hybridized carbons (Fsp3) is 0.419. The van der Waals surface area contributed by atoms with E-state index in [0.29, 0.717) is 37.0 Å². The Kier molecular flexibility index (Phi) is 9.81. The van der Waals surface area contributed by atoms with Crippen LogP contribution in [0.4, 0.5) is 11.4 Å². The lowest BCUT2D eigenvalue weighted by molar-refractivity contribution is -0.143. The predicted octanol–water partition coefficient (Wildman–Crippen LogP) is 5.17. The summed E-state index contributed by atoms with van der Waals surface area (Å²) in [6.45, 7) is 13.1. The number of rotatable bonds is 10. The number of morpholine rings is 1. The van der Waals surface area contributed by atoms with Crippen molar-refractivity contribution in [2.45, 2.75) is 58.3 Å². The molecule has 1 aromatic heterocycles. The number of aromatic nitrogens is 2. The van der Waals surface area contributed by atoms with Gasteiger partial charge >= 0.3 is 0 Å². The minimum atomic E-state index is -1.08. The molecule has 1 aliphatic rings. The van der Waals surface area contributed by atoms with Crippen LogP contribution in [0.2, 0.25) is 0 Å². The maximum absolute atomic E-state index is 13.9. The van der Waals surface area contributed by atoms with Crippen LogP contribution < -0.4 is 10.2 Å². The van der Waals surface area contributed by atoms with Crippen LogP contribution in [0.15, 0.2) is 59.8 Å². The van der Waals surface area contributed by atoms with E-state index in [9.17, 15) is 9.59 Å². The van der Waals surface area contributed by atoms with E-state index in [1.807, 2.05) is 89.2 Å². The van der Waals surface area contributed by atoms with Gasteiger partial charge in [0.05, 0.1) is 19.0 Å². The summed E-state index contributed by atoms with van der Waals surface area (Å²) < 4.78 is 5.45. The average molecular weight is 562 g/mol. The standard InChI is InChI=1S/C31H39N5O3S/c1-6-31(5,29(38)34-26-11-13-27(14-12-26)35-15-17-39-18-16-35)36(20-25-10-8-7-9-22(25)2)28(37)21-40-30-32-23(3)19-24(4)33-30/h7-14,19H,6,15-18,20-21H2,1-5H3,(H,34,38). The third-order valence-corrected chi connectivity index (χ3v) is 8.28. The van der Waals surface area contributed by atoms with E-state index < -0.39 is 5.54 Å². The fourth-order valence-electron chi connectivity index (χ4n) is 4.77. The van der Waals surface area contributed by atoms with Crippen LogP contribution in [0.25, 0.3) is 0 Å². The minimum absolute atomic E-state index is 0.131. The third-order valence-electron chi connectivity index (χ3n) is 7.45. The zero-order valence-corrected chi connectivity index (χ0v) is 24.9. The van der Waals surface area contributed by atoms with Gasteiger partial charge in [-0.2, -0.15) is 0 Å². The number of ether oxygens (including phenoxy) is 1. The van der Waals surface area contributed by atoms with Crippen molar-refractivity contribution in [1.82, 2.24) is 14.9 Å². The molecule has 8 nitrogen and oxygen atoms in total. The second kappa shape index (κ2) is 13.3. The second-order valence-electron chi connectivity index (χ2n) is 10.4. The van der Waals surface area contributed by atoms with Crippen molar-refractivity contribution >= 4 is 35.0 Å². The zero-order chi connectivity index (χ0) is 28.7. The highest BCUT2D eigenvalue weighted by molar-refractivity contribution is 7.99. The van der Waals surface area contributed by atoms with Gasteiger partial charge in [0.1, 0.15) is 5.54 Å². The predicted molar refractivity (Wildman–Crippen MR) is 161 cm³/mol. The van der Waals surface area contributed by atoms with Gasteiger partial charge in [0.2, 0.25) is 11.8 Å². The molecule has 40 heavy (non-hydrogen) atoms. The molecule has 0 saturated carbocycles. The molecule has 1 fully saturated rings. The summed E-state index contributed by atoms with van der Waals surface area (Å²) in [5, 5.41) is 3.64. The van der Waals surface area contributed by atoms with Crippen LogP contribution in [-0.4, -0.2) is 64.3 Å². The number of hydrogen-bond donors (Lipinski definition) is 1. The van der Waals surface area contributed by atoms with Gasteiger partial charge in [-0.3, -0.25) is 9.59 Å². The third kappa shape index (κ3) is 7.20. The van der Waals surface area contributed by atoms with E-state index in [0.717, 1.165) is 41.3 Å². The number of nitrogens with one attached hydrogen (secondary N) is 1. The van der Waals surface area contributed by atoms with Gasteiger partial charge in [0, 0.05) is 42.4 Å². The van der Waals surface area contributed by atoms with Crippen molar-refractivity contribution < 1.29 is 14.3 Å². The molecule has 0 spiro atoms. The van der Waals surface area contributed by atoms with Gasteiger partial charge < -0.3 is 19.9 Å². The molecule has 1 saturated heterocycles. The van der Waals surface area contributed by atoms with Crippen LogP contribution in [0.1, 0.15) is 42.8 Å². The molecule has 2 amide bonds. The monoisotopic (exact) mass is 561 g/mol. The van der Waals surface area contributed by atoms with Crippen LogP contribution in [-0.2, 0) is 20.9 Å². The topological polar surface area (TPSA) is 87.7 Å². The number of nitrogens with zero attached hydrogens (tertiary/aromatic N) is 4. The second-order valence-corrected chi connectivity index (χ2v) is 11.3. The fourth-order valence-corrected chi connectivity index (χ4v) is 5.60. The number of carbonyl (C=O) groups excluding carboxylic acids is 2. The lowest BCUT2D eigenvalue weighted by atomic mass is 9.93. The summed E-state index contributed by atoms with van der Waals surface area (Å²) in [6.07, 6.45) is 0.451. The van der Waals surface area contributed by atoms with Crippen molar-refractivity contribution in [2.75, 3.05) is 42.3 Å². The highest BCUT2D eigenvalue weighted by atomic mass is 32.2. The molecule has 0 bridgehead atoms. The largest absolute Gasteiger partial charge is 0.378 e. The number of hydrogen-bond acceptors (Lipinski definition) is 7. The van der Waals surface area contributed by atoms with Gasteiger partial charge in [0.15, 0.2) is 5.16 Å². The molecule has 1 N–H and O–H groups in total. The summed E-state index contributed by atoms with van der Waals surface area (Å²) in [6, 6.07) is 17.7. The van der Waals surface area contributed by atoms with Crippen LogP contribution >= 0.6 is 11.8 Å². The summed E-state index contributed by atoms with van der Waals surface area (Å²) in [5.41, 5.74) is 4.51. The number of amides is 2. The van der Waals surface area contributed by atoms with Crippen molar-refractivity contribution in [2.24, 2.45) is 0 Å². The number of benzene rings is 2. The van der Waals surface area contributed by atoms with Crippen LogP contribution in [0.3, 0.4) is 0 Å². The first-order chi connectivity index (χ1) is 19.2. The minimum Gasteiger partial charge on any atom is -0.378 e. The molecule has 2 heterocycles. The maximum atomic E-state index is 13.9. The van der Waals surface area contributed by atoms with Crippen molar-refractivity contribution in [3.8, 4) is 0 Å². The molecular weight excluding hydrogens is 522 g/mol. The Labute approximate surface area is 241 Å². The molecule has 212 valence electrons. The normalized spacial score (nSPS) is 14.9. The molecule has 4 rings (SSSR count). The Morgan fingerprint density at radius 1 is 1.02 bits per heavy atom. The summed E-state index contributed by atoms with van der Waals surface area (Å²) in [5.74, 6) is -0.229. The molecule has 1 atom stereocenters. The molecule has 0 aliphatic carbocycles. The summed E-state index contributed by atoms with van der Waals surface area (Å²) in [7, 11) is 0. The van der Waals surface area contributed by atoms with Gasteiger partial charge in [-0.25, -0.2) is 9.97 Å². The first kappa shape index (κ1) is 29.6. The Morgan fingerprint density at radius 3 is 2.30 bits per heavy atom. The summed E-state index contributed by atoms with van der Waals surface area (Å²) >= 11 is 1.30. The van der Waals surface area contributed by atoms with Crippen LogP contribution in [0.5, 0.6) is 0 Å². The number of aryl methyl sites for hydroxylation is 3. The molecule has 1 unspecified atom stereocenters. The van der Waals surface area contributed by atoms with E-state index in [1.165, 1.54) is 11.8 Å².